The third kappa shape index (κ3) is 2.71. The van der Waals surface area contributed by atoms with Gasteiger partial charge in [0.1, 0.15) is 0 Å². The first-order chi connectivity index (χ1) is 14.2. The molecule has 10 atom stereocenters. The highest BCUT2D eigenvalue weighted by Gasteiger charge is 2.69. The fraction of sp³-hybridized carbons (Fsp3) is 0.933. The number of aliphatic hydroxyl groups is 1. The minimum atomic E-state index is -0.102. The summed E-state index contributed by atoms with van der Waals surface area (Å²) >= 11 is 0. The summed E-state index contributed by atoms with van der Waals surface area (Å²) in [7, 11) is 0. The van der Waals surface area contributed by atoms with E-state index in [-0.39, 0.29) is 16.9 Å². The molecule has 31 heavy (non-hydrogen) atoms. The maximum Gasteiger partial charge on any atom is 0.0571 e. The molecule has 5 rings (SSSR count). The summed E-state index contributed by atoms with van der Waals surface area (Å²) in [6, 6.07) is 0. The smallest absolute Gasteiger partial charge is 0.0571 e. The largest absolute Gasteiger partial charge is 0.393 e. The highest BCUT2D eigenvalue weighted by Crippen LogP contribution is 2.76. The Balaban J connectivity index is 1.60. The first kappa shape index (κ1) is 22.5. The molecule has 5 aliphatic carbocycles. The van der Waals surface area contributed by atoms with Gasteiger partial charge in [-0.3, -0.25) is 0 Å². The highest BCUT2D eigenvalue weighted by molar-refractivity contribution is 5.28. The molecular weight excluding hydrogens is 376 g/mol. The predicted octanol–water partition coefficient (Wildman–Crippen LogP) is 8.02. The number of rotatable bonds is 0. The summed E-state index contributed by atoms with van der Waals surface area (Å²) in [5.74, 6) is 2.73. The second-order valence-corrected chi connectivity index (χ2v) is 15.1. The lowest BCUT2D eigenvalue weighted by Crippen LogP contribution is -2.66. The summed E-state index contributed by atoms with van der Waals surface area (Å²) in [6.07, 6.45) is 17.3. The maximum atomic E-state index is 10.7. The number of hydrogen-bond acceptors (Lipinski definition) is 1. The molecule has 1 nitrogen and oxygen atoms in total. The van der Waals surface area contributed by atoms with Crippen molar-refractivity contribution in [1.29, 1.82) is 0 Å². The number of allylic oxidation sites excluding steroid dienone is 2. The predicted molar refractivity (Wildman–Crippen MR) is 131 cm³/mol. The van der Waals surface area contributed by atoms with Crippen LogP contribution >= 0.6 is 0 Å². The molecule has 0 radical (unpaired) electrons. The molecule has 0 aromatic rings. The molecule has 0 saturated heterocycles. The van der Waals surface area contributed by atoms with E-state index in [2.05, 4.69) is 67.5 Å². The first-order valence-corrected chi connectivity index (χ1v) is 13.6. The van der Waals surface area contributed by atoms with Crippen molar-refractivity contribution in [3.8, 4) is 0 Å². The second kappa shape index (κ2) is 6.43. The highest BCUT2D eigenvalue weighted by atomic mass is 16.3. The van der Waals surface area contributed by atoms with Crippen molar-refractivity contribution in [1.82, 2.24) is 0 Å². The van der Waals surface area contributed by atoms with Gasteiger partial charge in [0.2, 0.25) is 0 Å². The molecule has 0 aromatic carbocycles. The monoisotopic (exact) mass is 426 g/mol. The molecule has 5 aliphatic rings. The van der Waals surface area contributed by atoms with Crippen LogP contribution in [0.5, 0.6) is 0 Å². The van der Waals surface area contributed by atoms with Crippen molar-refractivity contribution in [2.24, 2.45) is 56.2 Å². The van der Waals surface area contributed by atoms with Gasteiger partial charge in [-0.15, -0.1) is 0 Å². The standard InChI is InChI=1S/C30H50O/c1-20-21(31)9-10-22-27(20,5)12-11-23-28(22,6)16-18-30(8)24-19-25(2,3)13-14-26(24,4)15-17-29(23,30)7/h16,18,20-24,31H,9-15,17,19H2,1-8H3. The van der Waals surface area contributed by atoms with Crippen LogP contribution in [-0.4, -0.2) is 11.2 Å². The first-order valence-electron chi connectivity index (χ1n) is 13.6. The SMILES string of the molecule is CC1C(O)CCC2C3(C)C=CC4(C)C5CC(C)(C)CCC5(C)CCC4(C)C3CCC12C. The van der Waals surface area contributed by atoms with Crippen LogP contribution in [0, 0.1) is 56.2 Å². The van der Waals surface area contributed by atoms with Crippen molar-refractivity contribution in [2.45, 2.75) is 119 Å². The molecule has 10 unspecified atom stereocenters. The van der Waals surface area contributed by atoms with Crippen molar-refractivity contribution in [3.63, 3.8) is 0 Å². The average molecular weight is 427 g/mol. The molecule has 4 fully saturated rings. The van der Waals surface area contributed by atoms with Gasteiger partial charge in [-0.05, 0) is 114 Å². The van der Waals surface area contributed by atoms with Gasteiger partial charge in [0, 0.05) is 0 Å². The number of aliphatic hydroxyl groups excluding tert-OH is 1. The van der Waals surface area contributed by atoms with Gasteiger partial charge in [0.15, 0.2) is 0 Å². The zero-order chi connectivity index (χ0) is 22.7. The fourth-order valence-electron chi connectivity index (χ4n) is 10.7. The molecule has 1 heteroatoms. The second-order valence-electron chi connectivity index (χ2n) is 15.1. The van der Waals surface area contributed by atoms with Gasteiger partial charge in [0.25, 0.3) is 0 Å². The van der Waals surface area contributed by atoms with Gasteiger partial charge in [-0.25, -0.2) is 0 Å². The van der Waals surface area contributed by atoms with Crippen molar-refractivity contribution >= 4 is 0 Å². The van der Waals surface area contributed by atoms with E-state index < -0.39 is 0 Å². The molecule has 0 bridgehead atoms. The Morgan fingerprint density at radius 3 is 2.10 bits per heavy atom. The molecule has 0 amide bonds. The summed E-state index contributed by atoms with van der Waals surface area (Å²) < 4.78 is 0. The van der Waals surface area contributed by atoms with Crippen LogP contribution < -0.4 is 0 Å². The van der Waals surface area contributed by atoms with Crippen LogP contribution in [0.15, 0.2) is 12.2 Å². The maximum absolute atomic E-state index is 10.7. The molecule has 0 aliphatic heterocycles. The van der Waals surface area contributed by atoms with Crippen molar-refractivity contribution in [3.05, 3.63) is 12.2 Å². The third-order valence-electron chi connectivity index (χ3n) is 13.3. The van der Waals surface area contributed by atoms with Crippen LogP contribution in [0.3, 0.4) is 0 Å². The molecule has 0 heterocycles. The third-order valence-corrected chi connectivity index (χ3v) is 13.3. The Morgan fingerprint density at radius 2 is 1.39 bits per heavy atom. The molecule has 176 valence electrons. The Bertz CT molecular complexity index is 781. The Labute approximate surface area is 192 Å². The van der Waals surface area contributed by atoms with E-state index in [0.29, 0.717) is 33.5 Å². The van der Waals surface area contributed by atoms with Crippen molar-refractivity contribution in [2.75, 3.05) is 0 Å². The molecule has 1 N–H and O–H groups in total. The van der Waals surface area contributed by atoms with Crippen LogP contribution in [0.2, 0.25) is 0 Å². The average Bonchev–Trinajstić information content (AvgIpc) is 2.69. The fourth-order valence-corrected chi connectivity index (χ4v) is 10.7. The normalized spacial score (nSPS) is 60.4. The van der Waals surface area contributed by atoms with E-state index in [4.69, 9.17) is 0 Å². The number of hydrogen-bond donors (Lipinski definition) is 1. The summed E-state index contributed by atoms with van der Waals surface area (Å²) in [5.41, 5.74) is 2.29. The zero-order valence-electron chi connectivity index (χ0n) is 21.9. The summed E-state index contributed by atoms with van der Waals surface area (Å²) in [4.78, 5) is 0. The lowest BCUT2D eigenvalue weighted by molar-refractivity contribution is -0.214. The van der Waals surface area contributed by atoms with Gasteiger partial charge >= 0.3 is 0 Å². The van der Waals surface area contributed by atoms with Crippen LogP contribution in [-0.2, 0) is 0 Å². The quantitative estimate of drug-likeness (QED) is 0.389. The van der Waals surface area contributed by atoms with E-state index >= 15 is 0 Å². The molecular formula is C30H50O. The van der Waals surface area contributed by atoms with E-state index in [0.717, 1.165) is 18.3 Å². The van der Waals surface area contributed by atoms with Crippen LogP contribution in [0.4, 0.5) is 0 Å². The van der Waals surface area contributed by atoms with E-state index in [9.17, 15) is 5.11 Å². The van der Waals surface area contributed by atoms with E-state index in [1.807, 2.05) is 0 Å². The topological polar surface area (TPSA) is 20.2 Å². The summed E-state index contributed by atoms with van der Waals surface area (Å²) in [5, 5.41) is 10.7. The van der Waals surface area contributed by atoms with E-state index in [1.165, 1.54) is 51.4 Å². The number of fused-ring (bicyclic) bond motifs is 7. The Morgan fingerprint density at radius 1 is 0.710 bits per heavy atom. The van der Waals surface area contributed by atoms with Gasteiger partial charge in [0.05, 0.1) is 6.10 Å². The minimum absolute atomic E-state index is 0.102. The van der Waals surface area contributed by atoms with Crippen molar-refractivity contribution < 1.29 is 5.11 Å². The van der Waals surface area contributed by atoms with E-state index in [1.54, 1.807) is 0 Å². The lowest BCUT2D eigenvalue weighted by Gasteiger charge is -2.73. The Kier molecular flexibility index (Phi) is 4.66. The minimum Gasteiger partial charge on any atom is -0.393 e. The molecule has 0 aromatic heterocycles. The van der Waals surface area contributed by atoms with Gasteiger partial charge in [-0.2, -0.15) is 0 Å². The summed E-state index contributed by atoms with van der Waals surface area (Å²) in [6.45, 7) is 20.6. The Hall–Kier alpha value is -0.300. The lowest BCUT2D eigenvalue weighted by atomic mass is 9.32. The van der Waals surface area contributed by atoms with Gasteiger partial charge in [-0.1, -0.05) is 67.5 Å². The zero-order valence-corrected chi connectivity index (χ0v) is 21.9. The van der Waals surface area contributed by atoms with Gasteiger partial charge < -0.3 is 5.11 Å². The van der Waals surface area contributed by atoms with Crippen LogP contribution in [0.25, 0.3) is 0 Å². The van der Waals surface area contributed by atoms with Crippen LogP contribution in [0.1, 0.15) is 113 Å². The molecule has 0 spiro atoms. The molecule has 4 saturated carbocycles.